The Hall–Kier alpha value is -2.91. The first-order valence-electron chi connectivity index (χ1n) is 9.53. The maximum absolute atomic E-state index is 13.0. The van der Waals surface area contributed by atoms with Gasteiger partial charge in [-0.15, -0.1) is 0 Å². The monoisotopic (exact) mass is 462 g/mol. The molecule has 0 saturated heterocycles. The lowest BCUT2D eigenvalue weighted by Gasteiger charge is -2.19. The highest BCUT2D eigenvalue weighted by Crippen LogP contribution is 2.27. The van der Waals surface area contributed by atoms with E-state index in [0.29, 0.717) is 12.1 Å². The van der Waals surface area contributed by atoms with Crippen molar-refractivity contribution in [3.05, 3.63) is 64.6 Å². The number of pyridine rings is 1. The Morgan fingerprint density at radius 3 is 2.39 bits per heavy atom. The zero-order chi connectivity index (χ0) is 23.0. The Labute approximate surface area is 185 Å². The number of hydrogen-bond donors (Lipinski definition) is 2. The maximum atomic E-state index is 13.0. The van der Waals surface area contributed by atoms with Crippen molar-refractivity contribution in [2.45, 2.75) is 44.4 Å². The summed E-state index contributed by atoms with van der Waals surface area (Å²) >= 11 is 6.04. The molecule has 1 aromatic carbocycles. The summed E-state index contributed by atoms with van der Waals surface area (Å²) < 4.78 is 29.7. The first kappa shape index (κ1) is 22.8. The van der Waals surface area contributed by atoms with E-state index in [1.165, 1.54) is 35.3 Å². The van der Waals surface area contributed by atoms with Gasteiger partial charge in [-0.3, -0.25) is 4.72 Å². The molecule has 0 fully saturated rings. The van der Waals surface area contributed by atoms with E-state index in [2.05, 4.69) is 14.8 Å². The summed E-state index contributed by atoms with van der Waals surface area (Å²) in [4.78, 5) is 15.7. The van der Waals surface area contributed by atoms with Crippen LogP contribution in [0, 0.1) is 0 Å². The molecule has 0 aliphatic rings. The lowest BCUT2D eigenvalue weighted by atomic mass is 9.87. The van der Waals surface area contributed by atoms with E-state index < -0.39 is 16.0 Å². The quantitative estimate of drug-likeness (QED) is 0.565. The normalized spacial score (nSPS) is 12.0. The molecule has 31 heavy (non-hydrogen) atoms. The number of anilines is 1. The number of sulfonamides is 1. The van der Waals surface area contributed by atoms with Crippen LogP contribution in [0.4, 0.5) is 5.69 Å². The number of carboxylic acid groups (broad SMARTS) is 1. The highest BCUT2D eigenvalue weighted by atomic mass is 35.5. The largest absolute Gasteiger partial charge is 0.478 e. The molecule has 8 nitrogen and oxygen atoms in total. The number of hydrogen-bond acceptors (Lipinski definition) is 5. The van der Waals surface area contributed by atoms with E-state index >= 15 is 0 Å². The van der Waals surface area contributed by atoms with E-state index in [4.69, 9.17) is 11.6 Å². The number of benzene rings is 1. The van der Waals surface area contributed by atoms with Crippen molar-refractivity contribution >= 4 is 33.3 Å². The molecule has 2 N–H and O–H groups in total. The third-order valence-electron chi connectivity index (χ3n) is 4.68. The topological polar surface area (TPSA) is 114 Å². The number of carboxylic acids is 1. The van der Waals surface area contributed by atoms with Gasteiger partial charge in [0.15, 0.2) is 5.82 Å². The molecule has 0 aliphatic carbocycles. The Morgan fingerprint density at radius 2 is 1.87 bits per heavy atom. The molecule has 164 valence electrons. The van der Waals surface area contributed by atoms with Gasteiger partial charge in [-0.2, -0.15) is 5.10 Å². The van der Waals surface area contributed by atoms with Crippen LogP contribution < -0.4 is 4.72 Å². The summed E-state index contributed by atoms with van der Waals surface area (Å²) in [5.74, 6) is -1.01. The minimum Gasteiger partial charge on any atom is -0.478 e. The summed E-state index contributed by atoms with van der Waals surface area (Å²) in [6.07, 6.45) is 3.03. The number of nitrogens with zero attached hydrogens (tertiary/aromatic N) is 3. The molecule has 3 rings (SSSR count). The molecule has 0 radical (unpaired) electrons. The molecule has 0 aliphatic heterocycles. The van der Waals surface area contributed by atoms with Crippen LogP contribution in [-0.4, -0.2) is 34.3 Å². The van der Waals surface area contributed by atoms with Crippen LogP contribution >= 0.6 is 11.6 Å². The van der Waals surface area contributed by atoms with E-state index in [0.717, 1.165) is 5.56 Å². The van der Waals surface area contributed by atoms with Gasteiger partial charge in [-0.25, -0.2) is 22.9 Å². The van der Waals surface area contributed by atoms with Crippen molar-refractivity contribution in [2.24, 2.45) is 0 Å². The molecule has 3 aromatic rings. The number of aromatic carboxylic acids is 1. The minimum atomic E-state index is -3.95. The average molecular weight is 463 g/mol. The second kappa shape index (κ2) is 8.32. The number of carbonyl (C=O) groups is 1. The van der Waals surface area contributed by atoms with Crippen molar-refractivity contribution in [1.29, 1.82) is 0 Å². The lowest BCUT2D eigenvalue weighted by molar-refractivity contribution is 0.0695. The summed E-state index contributed by atoms with van der Waals surface area (Å²) in [6, 6.07) is 8.01. The zero-order valence-corrected chi connectivity index (χ0v) is 19.1. The van der Waals surface area contributed by atoms with E-state index in [1.54, 1.807) is 19.1 Å². The number of halogens is 1. The zero-order valence-electron chi connectivity index (χ0n) is 17.5. The van der Waals surface area contributed by atoms with Gasteiger partial charge in [0.2, 0.25) is 0 Å². The summed E-state index contributed by atoms with van der Waals surface area (Å²) in [5.41, 5.74) is 1.34. The molecule has 0 amide bonds. The van der Waals surface area contributed by atoms with Gasteiger partial charge in [-0.05, 0) is 35.6 Å². The third kappa shape index (κ3) is 4.88. The molecule has 2 aromatic heterocycles. The first-order chi connectivity index (χ1) is 14.4. The van der Waals surface area contributed by atoms with Gasteiger partial charge in [0.25, 0.3) is 10.0 Å². The van der Waals surface area contributed by atoms with Crippen LogP contribution in [0.15, 0.2) is 47.6 Å². The second-order valence-corrected chi connectivity index (χ2v) is 10.1. The molecule has 0 atom stereocenters. The van der Waals surface area contributed by atoms with E-state index in [1.807, 2.05) is 20.8 Å². The fourth-order valence-electron chi connectivity index (χ4n) is 2.99. The van der Waals surface area contributed by atoms with Crippen molar-refractivity contribution in [1.82, 2.24) is 14.8 Å². The summed E-state index contributed by atoms with van der Waals surface area (Å²) in [7, 11) is -3.95. The maximum Gasteiger partial charge on any atom is 0.339 e. The standard InChI is InChI=1S/C21H23ClN4O4S/c1-5-17-16(20(27)28)12-26(24-17)19-18(10-14(22)11-23-19)25-31(29,30)15-8-6-13(7-9-15)21(2,3)4/h6-12,25H,5H2,1-4H3,(H,27,28). The van der Waals surface area contributed by atoms with Crippen LogP contribution in [0.25, 0.3) is 5.82 Å². The van der Waals surface area contributed by atoms with Crippen LogP contribution in [0.2, 0.25) is 5.02 Å². The van der Waals surface area contributed by atoms with Crippen molar-refractivity contribution in [3.8, 4) is 5.82 Å². The fourth-order valence-corrected chi connectivity index (χ4v) is 4.20. The highest BCUT2D eigenvalue weighted by Gasteiger charge is 2.22. The predicted octanol–water partition coefficient (Wildman–Crippen LogP) is 4.28. The smallest absolute Gasteiger partial charge is 0.339 e. The number of nitrogens with one attached hydrogen (secondary N) is 1. The lowest BCUT2D eigenvalue weighted by Crippen LogP contribution is -2.16. The van der Waals surface area contributed by atoms with Gasteiger partial charge < -0.3 is 5.11 Å². The number of aromatic nitrogens is 3. The second-order valence-electron chi connectivity index (χ2n) is 8.00. The van der Waals surface area contributed by atoms with Gasteiger partial charge in [0.05, 0.1) is 21.3 Å². The fraction of sp³-hybridized carbons (Fsp3) is 0.286. The predicted molar refractivity (Wildman–Crippen MR) is 119 cm³/mol. The molecular weight excluding hydrogens is 440 g/mol. The SMILES string of the molecule is CCc1nn(-c2ncc(Cl)cc2NS(=O)(=O)c2ccc(C(C)(C)C)cc2)cc1C(=O)O. The van der Waals surface area contributed by atoms with Crippen molar-refractivity contribution < 1.29 is 18.3 Å². The summed E-state index contributed by atoms with van der Waals surface area (Å²) in [6.45, 7) is 7.90. The van der Waals surface area contributed by atoms with Crippen LogP contribution in [0.3, 0.4) is 0 Å². The van der Waals surface area contributed by atoms with Gasteiger partial charge >= 0.3 is 5.97 Å². The molecule has 0 spiro atoms. The Bertz CT molecular complexity index is 1230. The minimum absolute atomic E-state index is 0.0193. The Balaban J connectivity index is 2.02. The molecule has 0 unspecified atom stereocenters. The van der Waals surface area contributed by atoms with Crippen LogP contribution in [0.1, 0.15) is 49.3 Å². The highest BCUT2D eigenvalue weighted by molar-refractivity contribution is 7.92. The van der Waals surface area contributed by atoms with Gasteiger partial charge in [0.1, 0.15) is 5.56 Å². The average Bonchev–Trinajstić information content (AvgIpc) is 3.12. The van der Waals surface area contributed by atoms with Crippen LogP contribution in [0.5, 0.6) is 0 Å². The third-order valence-corrected chi connectivity index (χ3v) is 6.27. The van der Waals surface area contributed by atoms with E-state index in [9.17, 15) is 18.3 Å². The summed E-state index contributed by atoms with van der Waals surface area (Å²) in [5, 5.41) is 13.8. The molecule has 10 heteroatoms. The molecule has 0 bridgehead atoms. The molecule has 2 heterocycles. The van der Waals surface area contributed by atoms with Crippen molar-refractivity contribution in [3.63, 3.8) is 0 Å². The van der Waals surface area contributed by atoms with Crippen LogP contribution in [-0.2, 0) is 21.9 Å². The Kier molecular flexibility index (Phi) is 6.11. The van der Waals surface area contributed by atoms with E-state index in [-0.39, 0.29) is 32.4 Å². The van der Waals surface area contributed by atoms with Crippen molar-refractivity contribution in [2.75, 3.05) is 4.72 Å². The molecule has 0 saturated carbocycles. The molecular formula is C21H23ClN4O4S. The first-order valence-corrected chi connectivity index (χ1v) is 11.4. The number of aryl methyl sites for hydroxylation is 1. The Morgan fingerprint density at radius 1 is 1.23 bits per heavy atom. The van der Waals surface area contributed by atoms with Gasteiger partial charge in [0, 0.05) is 12.4 Å². The number of rotatable bonds is 6. The van der Waals surface area contributed by atoms with Gasteiger partial charge in [-0.1, -0.05) is 51.4 Å².